The Labute approximate surface area is 75.0 Å². The average Bonchev–Trinajstić information content (AvgIpc) is 2.45. The van der Waals surface area contributed by atoms with E-state index in [9.17, 15) is 9.59 Å². The van der Waals surface area contributed by atoms with E-state index < -0.39 is 5.97 Å². The highest BCUT2D eigenvalue weighted by Crippen LogP contribution is 1.96. The summed E-state index contributed by atoms with van der Waals surface area (Å²) in [6.45, 7) is 0.579. The van der Waals surface area contributed by atoms with Crippen molar-refractivity contribution in [3.05, 3.63) is 22.9 Å². The van der Waals surface area contributed by atoms with Crippen LogP contribution >= 0.6 is 0 Å². The molecule has 0 aromatic carbocycles. The number of carboxylic acids is 1. The van der Waals surface area contributed by atoms with E-state index in [2.05, 4.69) is 4.98 Å². The first-order valence-electron chi connectivity index (χ1n) is 4.16. The van der Waals surface area contributed by atoms with Crippen molar-refractivity contribution in [1.82, 2.24) is 9.55 Å². The Balaban J connectivity index is 2.24. The number of hydrogen-bond donors (Lipinski definition) is 2. The molecule has 1 rings (SSSR count). The zero-order valence-electron chi connectivity index (χ0n) is 7.19. The Hall–Kier alpha value is -1.52. The molecule has 0 radical (unpaired) electrons. The Morgan fingerprint density at radius 2 is 2.31 bits per heavy atom. The second kappa shape index (κ2) is 4.49. The standard InChI is InChI=1S/C8H12N2O3/c11-7(12)3-1-2-5-10-6-4-9-8(10)13/h4,6H,1-3,5H2,(H,9,13)(H,11,12). The molecule has 72 valence electrons. The number of nitrogens with one attached hydrogen (secondary N) is 1. The van der Waals surface area contributed by atoms with E-state index in [0.717, 1.165) is 0 Å². The minimum atomic E-state index is -0.790. The molecule has 1 heterocycles. The summed E-state index contributed by atoms with van der Waals surface area (Å²) < 4.78 is 1.53. The van der Waals surface area contributed by atoms with E-state index in [1.54, 1.807) is 12.4 Å². The van der Waals surface area contributed by atoms with Gasteiger partial charge in [0.1, 0.15) is 0 Å². The summed E-state index contributed by atoms with van der Waals surface area (Å²) in [5.74, 6) is -0.790. The molecule has 0 aliphatic rings. The largest absolute Gasteiger partial charge is 0.481 e. The quantitative estimate of drug-likeness (QED) is 0.651. The third kappa shape index (κ3) is 3.14. The SMILES string of the molecule is O=C(O)CCCCn1cc[nH]c1=O. The lowest BCUT2D eigenvalue weighted by atomic mass is 10.2. The second-order valence-corrected chi connectivity index (χ2v) is 2.81. The van der Waals surface area contributed by atoms with Crippen LogP contribution in [0.1, 0.15) is 19.3 Å². The van der Waals surface area contributed by atoms with Gasteiger partial charge in [-0.3, -0.25) is 9.36 Å². The van der Waals surface area contributed by atoms with Gasteiger partial charge in [0, 0.05) is 25.4 Å². The molecule has 0 aliphatic heterocycles. The van der Waals surface area contributed by atoms with Crippen molar-refractivity contribution >= 4 is 5.97 Å². The third-order valence-corrected chi connectivity index (χ3v) is 1.76. The van der Waals surface area contributed by atoms with E-state index in [0.29, 0.717) is 19.4 Å². The van der Waals surface area contributed by atoms with Crippen LogP contribution < -0.4 is 5.69 Å². The number of carbonyl (C=O) groups is 1. The van der Waals surface area contributed by atoms with Gasteiger partial charge in [0.15, 0.2) is 0 Å². The first-order chi connectivity index (χ1) is 6.20. The molecule has 5 heteroatoms. The third-order valence-electron chi connectivity index (χ3n) is 1.76. The number of unbranched alkanes of at least 4 members (excludes halogenated alkanes) is 1. The van der Waals surface area contributed by atoms with Gasteiger partial charge in [0.2, 0.25) is 0 Å². The van der Waals surface area contributed by atoms with Gasteiger partial charge in [0.05, 0.1) is 0 Å². The molecule has 1 aromatic heterocycles. The van der Waals surface area contributed by atoms with Gasteiger partial charge < -0.3 is 10.1 Å². The molecule has 0 bridgehead atoms. The van der Waals surface area contributed by atoms with Crippen LogP contribution in [0.2, 0.25) is 0 Å². The molecular weight excluding hydrogens is 172 g/mol. The van der Waals surface area contributed by atoms with Gasteiger partial charge in [-0.05, 0) is 12.8 Å². The van der Waals surface area contributed by atoms with Gasteiger partial charge in [-0.1, -0.05) is 0 Å². The Bertz CT molecular complexity index is 326. The van der Waals surface area contributed by atoms with E-state index in [1.165, 1.54) is 4.57 Å². The van der Waals surface area contributed by atoms with Crippen molar-refractivity contribution in [3.63, 3.8) is 0 Å². The zero-order chi connectivity index (χ0) is 9.68. The smallest absolute Gasteiger partial charge is 0.325 e. The molecule has 0 fully saturated rings. The maximum absolute atomic E-state index is 10.9. The van der Waals surface area contributed by atoms with Gasteiger partial charge in [0.25, 0.3) is 0 Å². The zero-order valence-corrected chi connectivity index (χ0v) is 7.19. The van der Waals surface area contributed by atoms with Crippen LogP contribution in [-0.2, 0) is 11.3 Å². The number of imidazole rings is 1. The highest BCUT2D eigenvalue weighted by molar-refractivity contribution is 5.66. The number of nitrogens with zero attached hydrogens (tertiary/aromatic N) is 1. The molecule has 0 saturated heterocycles. The summed E-state index contributed by atoms with van der Waals surface area (Å²) in [6.07, 6.45) is 4.71. The maximum atomic E-state index is 10.9. The van der Waals surface area contributed by atoms with E-state index in [1.807, 2.05) is 0 Å². The Kier molecular flexibility index (Phi) is 3.31. The van der Waals surface area contributed by atoms with E-state index in [4.69, 9.17) is 5.11 Å². The summed E-state index contributed by atoms with van der Waals surface area (Å²) >= 11 is 0. The summed E-state index contributed by atoms with van der Waals surface area (Å²) in [5, 5.41) is 8.35. The maximum Gasteiger partial charge on any atom is 0.325 e. The molecule has 13 heavy (non-hydrogen) atoms. The second-order valence-electron chi connectivity index (χ2n) is 2.81. The Morgan fingerprint density at radius 1 is 1.54 bits per heavy atom. The number of aryl methyl sites for hydroxylation is 1. The first kappa shape index (κ1) is 9.57. The van der Waals surface area contributed by atoms with Gasteiger partial charge in [-0.25, -0.2) is 4.79 Å². The predicted molar refractivity (Wildman–Crippen MR) is 46.5 cm³/mol. The predicted octanol–water partition coefficient (Wildman–Crippen LogP) is 0.431. The van der Waals surface area contributed by atoms with Crippen molar-refractivity contribution in [3.8, 4) is 0 Å². The van der Waals surface area contributed by atoms with Crippen molar-refractivity contribution in [2.24, 2.45) is 0 Å². The average molecular weight is 184 g/mol. The summed E-state index contributed by atoms with van der Waals surface area (Å²) in [7, 11) is 0. The first-order valence-corrected chi connectivity index (χ1v) is 4.16. The van der Waals surface area contributed by atoms with Crippen LogP contribution in [0.3, 0.4) is 0 Å². The highest BCUT2D eigenvalue weighted by Gasteiger charge is 1.98. The van der Waals surface area contributed by atoms with Crippen molar-refractivity contribution in [2.75, 3.05) is 0 Å². The molecule has 0 amide bonds. The summed E-state index contributed by atoms with van der Waals surface area (Å²) in [4.78, 5) is 23.6. The monoisotopic (exact) mass is 184 g/mol. The molecule has 1 aromatic rings. The number of H-pyrrole nitrogens is 1. The number of aliphatic carboxylic acids is 1. The van der Waals surface area contributed by atoms with Gasteiger partial charge in [-0.2, -0.15) is 0 Å². The molecular formula is C8H12N2O3. The topological polar surface area (TPSA) is 75.1 Å². The summed E-state index contributed by atoms with van der Waals surface area (Å²) in [6, 6.07) is 0. The minimum Gasteiger partial charge on any atom is -0.481 e. The van der Waals surface area contributed by atoms with Crippen LogP contribution in [-0.4, -0.2) is 20.6 Å². The number of carboxylic acid groups (broad SMARTS) is 1. The molecule has 5 nitrogen and oxygen atoms in total. The molecule has 2 N–H and O–H groups in total. The minimum absolute atomic E-state index is 0.143. The van der Waals surface area contributed by atoms with Crippen LogP contribution in [0, 0.1) is 0 Å². The number of aromatic amines is 1. The summed E-state index contributed by atoms with van der Waals surface area (Å²) in [5.41, 5.74) is -0.143. The van der Waals surface area contributed by atoms with Crippen LogP contribution in [0.25, 0.3) is 0 Å². The number of rotatable bonds is 5. The highest BCUT2D eigenvalue weighted by atomic mass is 16.4. The van der Waals surface area contributed by atoms with Crippen LogP contribution in [0.5, 0.6) is 0 Å². The molecule has 0 aliphatic carbocycles. The Morgan fingerprint density at radius 3 is 2.85 bits per heavy atom. The van der Waals surface area contributed by atoms with Gasteiger partial charge in [-0.15, -0.1) is 0 Å². The van der Waals surface area contributed by atoms with Gasteiger partial charge >= 0.3 is 11.7 Å². The van der Waals surface area contributed by atoms with E-state index >= 15 is 0 Å². The van der Waals surface area contributed by atoms with E-state index in [-0.39, 0.29) is 12.1 Å². The fourth-order valence-electron chi connectivity index (χ4n) is 1.08. The van der Waals surface area contributed by atoms with Crippen molar-refractivity contribution in [2.45, 2.75) is 25.8 Å². The van der Waals surface area contributed by atoms with Crippen LogP contribution in [0.4, 0.5) is 0 Å². The molecule has 0 spiro atoms. The fourth-order valence-corrected chi connectivity index (χ4v) is 1.08. The molecule has 0 unspecified atom stereocenters. The fraction of sp³-hybridized carbons (Fsp3) is 0.500. The molecule has 0 saturated carbocycles. The van der Waals surface area contributed by atoms with Crippen LogP contribution in [0.15, 0.2) is 17.2 Å². The molecule has 0 atom stereocenters. The lowest BCUT2D eigenvalue weighted by Crippen LogP contribution is -2.16. The number of hydrogen-bond acceptors (Lipinski definition) is 2. The normalized spacial score (nSPS) is 10.2. The van der Waals surface area contributed by atoms with Crippen molar-refractivity contribution < 1.29 is 9.90 Å². The lowest BCUT2D eigenvalue weighted by Gasteiger charge is -1.98. The lowest BCUT2D eigenvalue weighted by molar-refractivity contribution is -0.137. The van der Waals surface area contributed by atoms with Crippen molar-refractivity contribution in [1.29, 1.82) is 0 Å². The number of aromatic nitrogens is 2.